The van der Waals surface area contributed by atoms with Crippen molar-refractivity contribution in [2.75, 3.05) is 6.54 Å². The Morgan fingerprint density at radius 1 is 1.56 bits per heavy atom. The molecule has 0 fully saturated rings. The van der Waals surface area contributed by atoms with Gasteiger partial charge in [-0.1, -0.05) is 18.5 Å². The van der Waals surface area contributed by atoms with Crippen LogP contribution in [0.4, 0.5) is 0 Å². The van der Waals surface area contributed by atoms with Crippen LogP contribution in [0.25, 0.3) is 0 Å². The van der Waals surface area contributed by atoms with Gasteiger partial charge in [0.1, 0.15) is 6.54 Å². The van der Waals surface area contributed by atoms with Crippen molar-refractivity contribution in [3.05, 3.63) is 29.0 Å². The lowest BCUT2D eigenvalue weighted by Crippen LogP contribution is -2.41. The van der Waals surface area contributed by atoms with E-state index in [-0.39, 0.29) is 29.1 Å². The molecule has 6 heteroatoms. The number of carboxylic acids is 1. The largest absolute Gasteiger partial charge is 0.480 e. The van der Waals surface area contributed by atoms with Crippen LogP contribution in [-0.4, -0.2) is 39.5 Å². The predicted octanol–water partition coefficient (Wildman–Crippen LogP) is 2.06. The molecule has 1 rings (SSSR count). The molecule has 0 aromatic carbocycles. The molecule has 1 amide bonds. The zero-order valence-electron chi connectivity index (χ0n) is 10.3. The first-order valence-electron chi connectivity index (χ1n) is 5.59. The summed E-state index contributed by atoms with van der Waals surface area (Å²) in [6.45, 7) is 3.35. The second kappa shape index (κ2) is 6.35. The highest BCUT2D eigenvalue weighted by molar-refractivity contribution is 6.33. The first-order valence-corrected chi connectivity index (χ1v) is 5.97. The highest BCUT2D eigenvalue weighted by Crippen LogP contribution is 2.17. The van der Waals surface area contributed by atoms with Crippen LogP contribution in [0, 0.1) is 0 Å². The zero-order valence-corrected chi connectivity index (χ0v) is 11.0. The third-order valence-electron chi connectivity index (χ3n) is 2.69. The highest BCUT2D eigenvalue weighted by atomic mass is 35.5. The van der Waals surface area contributed by atoms with E-state index in [9.17, 15) is 9.59 Å². The summed E-state index contributed by atoms with van der Waals surface area (Å²) in [5, 5.41) is 9.08. The summed E-state index contributed by atoms with van der Waals surface area (Å²) in [5.74, 6) is -1.44. The Kier molecular flexibility index (Phi) is 5.09. The maximum Gasteiger partial charge on any atom is 0.323 e. The van der Waals surface area contributed by atoms with Crippen molar-refractivity contribution < 1.29 is 14.7 Å². The van der Waals surface area contributed by atoms with Gasteiger partial charge in [0, 0.05) is 18.4 Å². The normalized spacial score (nSPS) is 11.9. The van der Waals surface area contributed by atoms with Crippen LogP contribution >= 0.6 is 11.6 Å². The summed E-state index contributed by atoms with van der Waals surface area (Å²) < 4.78 is 0. The van der Waals surface area contributed by atoms with Crippen molar-refractivity contribution in [2.45, 2.75) is 26.3 Å². The van der Waals surface area contributed by atoms with Gasteiger partial charge < -0.3 is 10.0 Å². The molecule has 1 N–H and O–H groups in total. The number of hydrogen-bond acceptors (Lipinski definition) is 3. The van der Waals surface area contributed by atoms with Gasteiger partial charge in [0.05, 0.1) is 10.6 Å². The molecule has 1 aromatic rings. The molecule has 98 valence electrons. The Bertz CT molecular complexity index is 451. The van der Waals surface area contributed by atoms with Crippen molar-refractivity contribution in [1.29, 1.82) is 0 Å². The van der Waals surface area contributed by atoms with Crippen molar-refractivity contribution in [1.82, 2.24) is 9.88 Å². The van der Waals surface area contributed by atoms with Crippen molar-refractivity contribution in [3.8, 4) is 0 Å². The number of carboxylic acid groups (broad SMARTS) is 1. The summed E-state index contributed by atoms with van der Waals surface area (Å²) in [5.41, 5.74) is 0.271. The van der Waals surface area contributed by atoms with E-state index in [0.717, 1.165) is 0 Å². The third kappa shape index (κ3) is 3.43. The van der Waals surface area contributed by atoms with Crippen LogP contribution in [0.15, 0.2) is 18.5 Å². The maximum atomic E-state index is 12.3. The smallest absolute Gasteiger partial charge is 0.323 e. The van der Waals surface area contributed by atoms with E-state index in [1.165, 1.54) is 23.4 Å². The van der Waals surface area contributed by atoms with Crippen LogP contribution in [0.3, 0.4) is 0 Å². The molecule has 5 nitrogen and oxygen atoms in total. The molecule has 0 saturated heterocycles. The number of halogens is 1. The van der Waals surface area contributed by atoms with Crippen LogP contribution in [-0.2, 0) is 4.79 Å². The molecular formula is C12H15ClN2O3. The lowest BCUT2D eigenvalue weighted by molar-refractivity contribution is -0.138. The fraction of sp³-hybridized carbons (Fsp3) is 0.417. The Labute approximate surface area is 110 Å². The van der Waals surface area contributed by atoms with Crippen LogP contribution < -0.4 is 0 Å². The van der Waals surface area contributed by atoms with Gasteiger partial charge in [0.15, 0.2) is 0 Å². The maximum absolute atomic E-state index is 12.3. The number of nitrogens with zero attached hydrogens (tertiary/aromatic N) is 2. The molecule has 18 heavy (non-hydrogen) atoms. The summed E-state index contributed by atoms with van der Waals surface area (Å²) >= 11 is 5.89. The number of aliphatic carboxylic acids is 1. The minimum absolute atomic E-state index is 0.169. The van der Waals surface area contributed by atoms with Gasteiger partial charge in [0.2, 0.25) is 0 Å². The Balaban J connectivity index is 3.02. The molecule has 1 aromatic heterocycles. The lowest BCUT2D eigenvalue weighted by atomic mass is 10.1. The SMILES string of the molecule is CC[C@@H](C)N(CC(=O)O)C(=O)c1ccncc1Cl. The van der Waals surface area contributed by atoms with E-state index in [2.05, 4.69) is 4.98 Å². The molecule has 0 aliphatic rings. The van der Waals surface area contributed by atoms with Crippen LogP contribution in [0.2, 0.25) is 5.02 Å². The topological polar surface area (TPSA) is 70.5 Å². The number of carbonyl (C=O) groups is 2. The van der Waals surface area contributed by atoms with E-state index in [1.54, 1.807) is 6.92 Å². The standard InChI is InChI=1S/C12H15ClN2O3/c1-3-8(2)15(7-11(16)17)12(18)9-4-5-14-6-10(9)13/h4-6,8H,3,7H2,1-2H3,(H,16,17)/t8-/m1/s1. The molecule has 0 bridgehead atoms. The molecule has 0 saturated carbocycles. The van der Waals surface area contributed by atoms with Gasteiger partial charge in [-0.05, 0) is 19.4 Å². The monoisotopic (exact) mass is 270 g/mol. The van der Waals surface area contributed by atoms with Gasteiger partial charge >= 0.3 is 5.97 Å². The van der Waals surface area contributed by atoms with Gasteiger partial charge in [0.25, 0.3) is 5.91 Å². The van der Waals surface area contributed by atoms with Gasteiger partial charge in [-0.3, -0.25) is 14.6 Å². The molecule has 0 spiro atoms. The van der Waals surface area contributed by atoms with E-state index in [0.29, 0.717) is 6.42 Å². The average Bonchev–Trinajstić information content (AvgIpc) is 2.34. The Morgan fingerprint density at radius 3 is 2.72 bits per heavy atom. The Hall–Kier alpha value is -1.62. The van der Waals surface area contributed by atoms with Gasteiger partial charge in [-0.25, -0.2) is 0 Å². The minimum atomic E-state index is -1.05. The van der Waals surface area contributed by atoms with Crippen molar-refractivity contribution in [3.63, 3.8) is 0 Å². The first-order chi connectivity index (χ1) is 8.47. The van der Waals surface area contributed by atoms with Crippen molar-refractivity contribution >= 4 is 23.5 Å². The molecule has 0 aliphatic heterocycles. The first kappa shape index (κ1) is 14.4. The van der Waals surface area contributed by atoms with Crippen LogP contribution in [0.1, 0.15) is 30.6 Å². The minimum Gasteiger partial charge on any atom is -0.480 e. The number of rotatable bonds is 5. The number of pyridine rings is 1. The van der Waals surface area contributed by atoms with E-state index in [4.69, 9.17) is 16.7 Å². The fourth-order valence-electron chi connectivity index (χ4n) is 1.50. The number of amides is 1. The quantitative estimate of drug-likeness (QED) is 0.889. The number of aromatic nitrogens is 1. The molecular weight excluding hydrogens is 256 g/mol. The fourth-order valence-corrected chi connectivity index (χ4v) is 1.70. The van der Waals surface area contributed by atoms with Gasteiger partial charge in [-0.15, -0.1) is 0 Å². The summed E-state index contributed by atoms with van der Waals surface area (Å²) in [6, 6.07) is 1.32. The third-order valence-corrected chi connectivity index (χ3v) is 2.99. The molecule has 1 heterocycles. The summed E-state index contributed by atoms with van der Waals surface area (Å²) in [6.07, 6.45) is 3.49. The highest BCUT2D eigenvalue weighted by Gasteiger charge is 2.24. The van der Waals surface area contributed by atoms with Crippen molar-refractivity contribution in [2.24, 2.45) is 0 Å². The number of carbonyl (C=O) groups excluding carboxylic acids is 1. The summed E-state index contributed by atoms with van der Waals surface area (Å²) in [4.78, 5) is 28.2. The van der Waals surface area contributed by atoms with Crippen LogP contribution in [0.5, 0.6) is 0 Å². The molecule has 0 unspecified atom stereocenters. The molecule has 1 atom stereocenters. The zero-order chi connectivity index (χ0) is 13.7. The molecule has 0 aliphatic carbocycles. The predicted molar refractivity (Wildman–Crippen MR) is 67.7 cm³/mol. The van der Waals surface area contributed by atoms with E-state index >= 15 is 0 Å². The summed E-state index contributed by atoms with van der Waals surface area (Å²) in [7, 11) is 0. The molecule has 0 radical (unpaired) electrons. The average molecular weight is 271 g/mol. The van der Waals surface area contributed by atoms with E-state index < -0.39 is 5.97 Å². The number of hydrogen-bond donors (Lipinski definition) is 1. The second-order valence-electron chi connectivity index (χ2n) is 3.94. The Morgan fingerprint density at radius 2 is 2.22 bits per heavy atom. The second-order valence-corrected chi connectivity index (χ2v) is 4.35. The van der Waals surface area contributed by atoms with E-state index in [1.807, 2.05) is 6.92 Å². The van der Waals surface area contributed by atoms with Gasteiger partial charge in [-0.2, -0.15) is 0 Å². The lowest BCUT2D eigenvalue weighted by Gasteiger charge is -2.27.